The quantitative estimate of drug-likeness (QED) is 0.785. The summed E-state index contributed by atoms with van der Waals surface area (Å²) in [5.41, 5.74) is 3.90. The molecule has 0 saturated carbocycles. The van der Waals surface area contributed by atoms with Gasteiger partial charge in [-0.15, -0.1) is 0 Å². The van der Waals surface area contributed by atoms with Crippen molar-refractivity contribution in [3.05, 3.63) is 28.8 Å². The fraction of sp³-hybridized carbons (Fsp3) is 0.667. The van der Waals surface area contributed by atoms with Crippen LogP contribution in [-0.4, -0.2) is 13.7 Å². The summed E-state index contributed by atoms with van der Waals surface area (Å²) in [5.74, 6) is 0.971. The third-order valence-electron chi connectivity index (χ3n) is 3.51. The molecule has 0 aromatic heterocycles. The van der Waals surface area contributed by atoms with E-state index in [-0.39, 0.29) is 10.8 Å². The van der Waals surface area contributed by atoms with Crippen molar-refractivity contribution in [2.75, 3.05) is 13.7 Å². The van der Waals surface area contributed by atoms with Crippen LogP contribution in [0.4, 0.5) is 0 Å². The van der Waals surface area contributed by atoms with Gasteiger partial charge in [-0.1, -0.05) is 47.6 Å². The maximum atomic E-state index is 5.69. The van der Waals surface area contributed by atoms with Gasteiger partial charge in [-0.2, -0.15) is 0 Å². The lowest BCUT2D eigenvalue weighted by atomic mass is 9.79. The Labute approximate surface area is 124 Å². The van der Waals surface area contributed by atoms with Crippen molar-refractivity contribution < 1.29 is 9.47 Å². The SMILES string of the molecule is CCOCc1cc(C(C)(C)C)cc(C(C)(C)C)c1OC. The number of ether oxygens (including phenoxy) is 2. The van der Waals surface area contributed by atoms with Gasteiger partial charge in [-0.25, -0.2) is 0 Å². The van der Waals surface area contributed by atoms with Gasteiger partial charge >= 0.3 is 0 Å². The second kappa shape index (κ2) is 6.17. The first-order valence-corrected chi connectivity index (χ1v) is 7.41. The number of hydrogen-bond donors (Lipinski definition) is 0. The van der Waals surface area contributed by atoms with Crippen LogP contribution in [-0.2, 0) is 22.2 Å². The van der Waals surface area contributed by atoms with Crippen molar-refractivity contribution in [3.63, 3.8) is 0 Å². The zero-order valence-corrected chi connectivity index (χ0v) is 14.4. The van der Waals surface area contributed by atoms with Gasteiger partial charge in [-0.3, -0.25) is 0 Å². The summed E-state index contributed by atoms with van der Waals surface area (Å²) < 4.78 is 11.3. The molecule has 1 aromatic rings. The number of hydrogen-bond acceptors (Lipinski definition) is 2. The molecule has 0 aliphatic carbocycles. The molecular weight excluding hydrogens is 248 g/mol. The lowest BCUT2D eigenvalue weighted by molar-refractivity contribution is 0.131. The van der Waals surface area contributed by atoms with Crippen molar-refractivity contribution in [1.82, 2.24) is 0 Å². The Balaban J connectivity index is 3.48. The molecule has 0 N–H and O–H groups in total. The molecule has 114 valence electrons. The van der Waals surface area contributed by atoms with Crippen LogP contribution in [0.1, 0.15) is 65.2 Å². The minimum Gasteiger partial charge on any atom is -0.496 e. The number of benzene rings is 1. The Bertz CT molecular complexity index is 448. The van der Waals surface area contributed by atoms with Gasteiger partial charge in [0.15, 0.2) is 0 Å². The van der Waals surface area contributed by atoms with Crippen molar-refractivity contribution in [3.8, 4) is 5.75 Å². The van der Waals surface area contributed by atoms with Crippen LogP contribution in [0.25, 0.3) is 0 Å². The fourth-order valence-electron chi connectivity index (χ4n) is 2.24. The van der Waals surface area contributed by atoms with E-state index in [1.54, 1.807) is 7.11 Å². The van der Waals surface area contributed by atoms with Crippen LogP contribution in [0, 0.1) is 0 Å². The van der Waals surface area contributed by atoms with E-state index in [0.29, 0.717) is 13.2 Å². The molecule has 2 nitrogen and oxygen atoms in total. The standard InChI is InChI=1S/C18H30O2/c1-9-20-12-13-10-14(17(2,3)4)11-15(16(13)19-8)18(5,6)7/h10-11H,9,12H2,1-8H3. The summed E-state index contributed by atoms with van der Waals surface area (Å²) in [7, 11) is 1.75. The van der Waals surface area contributed by atoms with Gasteiger partial charge in [-0.05, 0) is 29.4 Å². The molecule has 20 heavy (non-hydrogen) atoms. The lowest BCUT2D eigenvalue weighted by Crippen LogP contribution is -2.19. The predicted molar refractivity (Wildman–Crippen MR) is 85.7 cm³/mol. The Hall–Kier alpha value is -1.02. The van der Waals surface area contributed by atoms with Gasteiger partial charge in [0.25, 0.3) is 0 Å². The molecule has 0 spiro atoms. The second-order valence-electron chi connectivity index (χ2n) is 7.35. The van der Waals surface area contributed by atoms with E-state index in [1.165, 1.54) is 11.1 Å². The summed E-state index contributed by atoms with van der Waals surface area (Å²) in [6.45, 7) is 16.7. The normalized spacial score (nSPS) is 12.6. The minimum absolute atomic E-state index is 0.0492. The smallest absolute Gasteiger partial charge is 0.128 e. The lowest BCUT2D eigenvalue weighted by Gasteiger charge is -2.28. The van der Waals surface area contributed by atoms with E-state index in [9.17, 15) is 0 Å². The molecule has 1 aromatic carbocycles. The average Bonchev–Trinajstić information content (AvgIpc) is 2.32. The maximum Gasteiger partial charge on any atom is 0.128 e. The molecule has 0 atom stereocenters. The van der Waals surface area contributed by atoms with Crippen molar-refractivity contribution in [1.29, 1.82) is 0 Å². The highest BCUT2D eigenvalue weighted by Crippen LogP contribution is 2.38. The van der Waals surface area contributed by atoms with Crippen LogP contribution in [0.15, 0.2) is 12.1 Å². The summed E-state index contributed by atoms with van der Waals surface area (Å²) in [5, 5.41) is 0. The van der Waals surface area contributed by atoms with Crippen LogP contribution in [0.3, 0.4) is 0 Å². The third kappa shape index (κ3) is 3.99. The third-order valence-corrected chi connectivity index (χ3v) is 3.51. The number of methoxy groups -OCH3 is 1. The molecule has 0 aliphatic heterocycles. The van der Waals surface area contributed by atoms with Crippen LogP contribution in [0.2, 0.25) is 0 Å². The van der Waals surface area contributed by atoms with E-state index in [0.717, 1.165) is 11.3 Å². The van der Waals surface area contributed by atoms with E-state index < -0.39 is 0 Å². The average molecular weight is 278 g/mol. The Morgan fingerprint density at radius 2 is 1.55 bits per heavy atom. The first-order valence-electron chi connectivity index (χ1n) is 7.41. The Morgan fingerprint density at radius 1 is 0.950 bits per heavy atom. The van der Waals surface area contributed by atoms with Gasteiger partial charge in [0, 0.05) is 17.7 Å². The second-order valence-corrected chi connectivity index (χ2v) is 7.35. The summed E-state index contributed by atoms with van der Waals surface area (Å²) in [4.78, 5) is 0. The zero-order chi connectivity index (χ0) is 15.6. The molecule has 1 rings (SSSR count). The molecular formula is C18H30O2. The molecule has 0 bridgehead atoms. The zero-order valence-electron chi connectivity index (χ0n) is 14.4. The molecule has 0 amide bonds. The Kier molecular flexibility index (Phi) is 5.26. The van der Waals surface area contributed by atoms with Crippen LogP contribution < -0.4 is 4.74 Å². The first kappa shape index (κ1) is 17.0. The fourth-order valence-corrected chi connectivity index (χ4v) is 2.24. The molecule has 0 fully saturated rings. The first-order chi connectivity index (χ1) is 9.11. The van der Waals surface area contributed by atoms with Gasteiger partial charge < -0.3 is 9.47 Å². The topological polar surface area (TPSA) is 18.5 Å². The highest BCUT2D eigenvalue weighted by molar-refractivity contribution is 5.49. The number of rotatable bonds is 4. The van der Waals surface area contributed by atoms with Gasteiger partial charge in [0.05, 0.1) is 13.7 Å². The largest absolute Gasteiger partial charge is 0.496 e. The van der Waals surface area contributed by atoms with E-state index in [2.05, 4.69) is 53.7 Å². The summed E-state index contributed by atoms with van der Waals surface area (Å²) >= 11 is 0. The molecule has 0 saturated heterocycles. The van der Waals surface area contributed by atoms with E-state index >= 15 is 0 Å². The molecule has 0 aliphatic rings. The summed E-state index contributed by atoms with van der Waals surface area (Å²) in [6.07, 6.45) is 0. The monoisotopic (exact) mass is 278 g/mol. The molecule has 0 radical (unpaired) electrons. The minimum atomic E-state index is 0.0492. The van der Waals surface area contributed by atoms with Crippen molar-refractivity contribution in [2.24, 2.45) is 0 Å². The van der Waals surface area contributed by atoms with Crippen molar-refractivity contribution in [2.45, 2.75) is 65.9 Å². The van der Waals surface area contributed by atoms with Crippen LogP contribution >= 0.6 is 0 Å². The molecule has 0 heterocycles. The Morgan fingerprint density at radius 3 is 1.95 bits per heavy atom. The summed E-state index contributed by atoms with van der Waals surface area (Å²) in [6, 6.07) is 4.51. The van der Waals surface area contributed by atoms with Crippen molar-refractivity contribution >= 4 is 0 Å². The van der Waals surface area contributed by atoms with E-state index in [1.807, 2.05) is 6.92 Å². The maximum absolute atomic E-state index is 5.69. The van der Waals surface area contributed by atoms with Crippen LogP contribution in [0.5, 0.6) is 5.75 Å². The molecule has 2 heteroatoms. The van der Waals surface area contributed by atoms with Gasteiger partial charge in [0.1, 0.15) is 5.75 Å². The van der Waals surface area contributed by atoms with Gasteiger partial charge in [0.2, 0.25) is 0 Å². The predicted octanol–water partition coefficient (Wildman–Crippen LogP) is 4.83. The van der Waals surface area contributed by atoms with E-state index in [4.69, 9.17) is 9.47 Å². The highest BCUT2D eigenvalue weighted by Gasteiger charge is 2.25. The molecule has 0 unspecified atom stereocenters. The highest BCUT2D eigenvalue weighted by atomic mass is 16.5.